The van der Waals surface area contributed by atoms with Gasteiger partial charge in [-0.1, -0.05) is 19.9 Å². The van der Waals surface area contributed by atoms with E-state index < -0.39 is 9.84 Å². The summed E-state index contributed by atoms with van der Waals surface area (Å²) >= 11 is 0. The molecule has 0 radical (unpaired) electrons. The van der Waals surface area contributed by atoms with Crippen molar-refractivity contribution in [1.29, 1.82) is 0 Å². The third kappa shape index (κ3) is 2.61. The summed E-state index contributed by atoms with van der Waals surface area (Å²) in [5.74, 6) is 0.915. The highest BCUT2D eigenvalue weighted by atomic mass is 32.2. The van der Waals surface area contributed by atoms with Crippen LogP contribution in [-0.2, 0) is 9.84 Å². The molecule has 1 N–H and O–H groups in total. The Morgan fingerprint density at radius 2 is 2.22 bits per heavy atom. The summed E-state index contributed by atoms with van der Waals surface area (Å²) in [6.07, 6.45) is 0.896. The molecule has 100 valence electrons. The first kappa shape index (κ1) is 13.2. The molecule has 1 aromatic rings. The van der Waals surface area contributed by atoms with Crippen molar-refractivity contribution in [2.75, 3.05) is 24.2 Å². The Balaban J connectivity index is 2.46. The zero-order valence-corrected chi connectivity index (χ0v) is 11.6. The van der Waals surface area contributed by atoms with E-state index in [2.05, 4.69) is 5.32 Å². The molecule has 0 saturated carbocycles. The molecule has 1 atom stereocenters. The quantitative estimate of drug-likeness (QED) is 0.915. The van der Waals surface area contributed by atoms with Gasteiger partial charge in [-0.15, -0.1) is 0 Å². The van der Waals surface area contributed by atoms with Gasteiger partial charge in [-0.3, -0.25) is 0 Å². The third-order valence-corrected chi connectivity index (χ3v) is 4.93. The summed E-state index contributed by atoms with van der Waals surface area (Å²) in [7, 11) is -3.22. The molecule has 2 rings (SSSR count). The van der Waals surface area contributed by atoms with Crippen LogP contribution in [0.5, 0.6) is 5.75 Å². The predicted octanol–water partition coefficient (Wildman–Crippen LogP) is 2.31. The van der Waals surface area contributed by atoms with E-state index in [-0.39, 0.29) is 11.7 Å². The van der Waals surface area contributed by atoms with Crippen LogP contribution in [0.2, 0.25) is 0 Å². The summed E-state index contributed by atoms with van der Waals surface area (Å²) in [5, 5.41) is 3.20. The number of sulfone groups is 1. The fourth-order valence-corrected chi connectivity index (χ4v) is 3.89. The van der Waals surface area contributed by atoms with Gasteiger partial charge in [-0.25, -0.2) is 8.42 Å². The first-order valence-electron chi connectivity index (χ1n) is 6.27. The van der Waals surface area contributed by atoms with Gasteiger partial charge in [0.1, 0.15) is 5.75 Å². The Hall–Kier alpha value is -1.23. The normalized spacial score (nSPS) is 21.6. The molecule has 1 aliphatic rings. The minimum Gasteiger partial charge on any atom is -0.491 e. The molecular weight excluding hydrogens is 250 g/mol. The Labute approximate surface area is 108 Å². The van der Waals surface area contributed by atoms with Crippen molar-refractivity contribution in [3.63, 3.8) is 0 Å². The molecule has 5 heteroatoms. The lowest BCUT2D eigenvalue weighted by molar-refractivity contribution is 0.318. The first-order valence-corrected chi connectivity index (χ1v) is 7.92. The second kappa shape index (κ2) is 5.18. The van der Waals surface area contributed by atoms with Crippen LogP contribution in [0.1, 0.15) is 20.3 Å². The summed E-state index contributed by atoms with van der Waals surface area (Å²) in [6, 6.07) is 5.19. The highest BCUT2D eigenvalue weighted by Gasteiger charge is 2.27. The van der Waals surface area contributed by atoms with Crippen molar-refractivity contribution >= 4 is 15.5 Å². The van der Waals surface area contributed by atoms with E-state index in [9.17, 15) is 8.42 Å². The van der Waals surface area contributed by atoms with E-state index >= 15 is 0 Å². The molecule has 0 aromatic heterocycles. The van der Waals surface area contributed by atoms with E-state index in [0.717, 1.165) is 6.42 Å². The van der Waals surface area contributed by atoms with Crippen molar-refractivity contribution in [3.05, 3.63) is 18.2 Å². The minimum absolute atomic E-state index is 0.0985. The van der Waals surface area contributed by atoms with Crippen molar-refractivity contribution in [1.82, 2.24) is 0 Å². The average molecular weight is 269 g/mol. The van der Waals surface area contributed by atoms with Crippen LogP contribution in [0.4, 0.5) is 5.69 Å². The van der Waals surface area contributed by atoms with Crippen LogP contribution in [0, 0.1) is 5.92 Å². The molecule has 1 aromatic carbocycles. The molecule has 0 saturated heterocycles. The number of para-hydroxylation sites is 1. The molecule has 18 heavy (non-hydrogen) atoms. The fourth-order valence-electron chi connectivity index (χ4n) is 2.08. The predicted molar refractivity (Wildman–Crippen MR) is 71.9 cm³/mol. The summed E-state index contributed by atoms with van der Waals surface area (Å²) in [4.78, 5) is 0.362. The zero-order valence-electron chi connectivity index (χ0n) is 10.8. The molecule has 0 fully saturated rings. The smallest absolute Gasteiger partial charge is 0.180 e. The molecule has 1 aliphatic heterocycles. The third-order valence-electron chi connectivity index (χ3n) is 2.92. The maximum Gasteiger partial charge on any atom is 0.180 e. The van der Waals surface area contributed by atoms with E-state index in [1.54, 1.807) is 12.1 Å². The van der Waals surface area contributed by atoms with Crippen molar-refractivity contribution in [2.45, 2.75) is 25.2 Å². The summed E-state index contributed by atoms with van der Waals surface area (Å²) in [6.45, 7) is 5.20. The Morgan fingerprint density at radius 1 is 1.44 bits per heavy atom. The zero-order chi connectivity index (χ0) is 13.2. The standard InChI is InChI=1S/C13H19NO3S/c1-3-7-17-11-5-4-6-12-13(11)14-8-10(2)9-18(12,15)16/h4-6,10,14H,3,7-9H2,1-2H3. The average Bonchev–Trinajstić information content (AvgIpc) is 2.44. The van der Waals surface area contributed by atoms with Crippen LogP contribution in [0.25, 0.3) is 0 Å². The Bertz CT molecular complexity index is 525. The molecule has 1 heterocycles. The molecular formula is C13H19NO3S. The van der Waals surface area contributed by atoms with Crippen molar-refractivity contribution in [3.8, 4) is 5.75 Å². The number of nitrogens with one attached hydrogen (secondary N) is 1. The van der Waals surface area contributed by atoms with Crippen molar-refractivity contribution < 1.29 is 13.2 Å². The van der Waals surface area contributed by atoms with E-state index in [0.29, 0.717) is 29.5 Å². The van der Waals surface area contributed by atoms with Crippen LogP contribution < -0.4 is 10.1 Å². The van der Waals surface area contributed by atoms with Crippen LogP contribution in [-0.4, -0.2) is 27.3 Å². The number of benzene rings is 1. The number of rotatable bonds is 3. The van der Waals surface area contributed by atoms with E-state index in [4.69, 9.17) is 4.74 Å². The van der Waals surface area contributed by atoms with Crippen LogP contribution in [0.15, 0.2) is 23.1 Å². The second-order valence-electron chi connectivity index (χ2n) is 4.75. The molecule has 0 aliphatic carbocycles. The molecule has 0 amide bonds. The van der Waals surface area contributed by atoms with Crippen LogP contribution in [0.3, 0.4) is 0 Å². The lowest BCUT2D eigenvalue weighted by Gasteiger charge is -2.13. The van der Waals surface area contributed by atoms with Gasteiger partial charge in [-0.05, 0) is 24.5 Å². The summed E-state index contributed by atoms with van der Waals surface area (Å²) in [5.41, 5.74) is 0.621. The van der Waals surface area contributed by atoms with E-state index in [1.165, 1.54) is 0 Å². The van der Waals surface area contributed by atoms with E-state index in [1.807, 2.05) is 19.9 Å². The second-order valence-corrected chi connectivity index (χ2v) is 6.75. The lowest BCUT2D eigenvalue weighted by atomic mass is 10.2. The van der Waals surface area contributed by atoms with Gasteiger partial charge in [0, 0.05) is 6.54 Å². The van der Waals surface area contributed by atoms with Gasteiger partial charge in [-0.2, -0.15) is 0 Å². The highest BCUT2D eigenvalue weighted by Crippen LogP contribution is 2.35. The minimum atomic E-state index is -3.22. The monoisotopic (exact) mass is 269 g/mol. The molecule has 1 unspecified atom stereocenters. The molecule has 0 bridgehead atoms. The number of anilines is 1. The summed E-state index contributed by atoms with van der Waals surface area (Å²) < 4.78 is 30.1. The largest absolute Gasteiger partial charge is 0.491 e. The number of ether oxygens (including phenoxy) is 1. The Morgan fingerprint density at radius 3 is 2.94 bits per heavy atom. The highest BCUT2D eigenvalue weighted by molar-refractivity contribution is 7.91. The molecule has 4 nitrogen and oxygen atoms in total. The Kier molecular flexibility index (Phi) is 3.80. The van der Waals surface area contributed by atoms with Crippen LogP contribution >= 0.6 is 0 Å². The van der Waals surface area contributed by atoms with Gasteiger partial charge < -0.3 is 10.1 Å². The van der Waals surface area contributed by atoms with Gasteiger partial charge in [0.25, 0.3) is 0 Å². The maximum absolute atomic E-state index is 12.2. The maximum atomic E-state index is 12.2. The number of hydrogen-bond donors (Lipinski definition) is 1. The fraction of sp³-hybridized carbons (Fsp3) is 0.538. The SMILES string of the molecule is CCCOc1cccc2c1NCC(C)CS2(=O)=O. The molecule has 0 spiro atoms. The first-order chi connectivity index (χ1) is 8.54. The van der Waals surface area contributed by atoms with Gasteiger partial charge in [0.15, 0.2) is 9.84 Å². The lowest BCUT2D eigenvalue weighted by Crippen LogP contribution is -2.15. The number of fused-ring (bicyclic) bond motifs is 1. The topological polar surface area (TPSA) is 55.4 Å². The van der Waals surface area contributed by atoms with Crippen molar-refractivity contribution in [2.24, 2.45) is 5.92 Å². The number of hydrogen-bond acceptors (Lipinski definition) is 4. The van der Waals surface area contributed by atoms with Gasteiger partial charge in [0.2, 0.25) is 0 Å². The van der Waals surface area contributed by atoms with Gasteiger partial charge in [0.05, 0.1) is 22.9 Å². The van der Waals surface area contributed by atoms with Gasteiger partial charge >= 0.3 is 0 Å².